The van der Waals surface area contributed by atoms with Gasteiger partial charge in [0.25, 0.3) is 40.3 Å². The molecule has 0 amide bonds. The van der Waals surface area contributed by atoms with E-state index in [4.69, 9.17) is 4.42 Å². The summed E-state index contributed by atoms with van der Waals surface area (Å²) in [5.74, 6) is -4.54. The van der Waals surface area contributed by atoms with Gasteiger partial charge < -0.3 is 30.2 Å². The summed E-state index contributed by atoms with van der Waals surface area (Å²) in [6.45, 7) is 12.5. The number of nitrogens with zero attached hydrogens (tertiary/aromatic N) is 1. The maximum absolute atomic E-state index is 13.9. The van der Waals surface area contributed by atoms with Gasteiger partial charge in [0.15, 0.2) is 0 Å². The number of aryl methyl sites for hydroxylation is 6. The average Bonchev–Trinajstić information content (AvgIpc) is 3.44. The van der Waals surface area contributed by atoms with Gasteiger partial charge in [0, 0.05) is 45.6 Å². The summed E-state index contributed by atoms with van der Waals surface area (Å²) in [7, 11) is -19.2. The molecule has 0 bridgehead atoms. The summed E-state index contributed by atoms with van der Waals surface area (Å²) in [6, 6.07) is 19.0. The van der Waals surface area contributed by atoms with E-state index < -0.39 is 99.8 Å². The molecule has 1 aliphatic carbocycles. The number of hydrogen-bond donors (Lipinski definition) is 9. The number of fused-ring (bicyclic) bond motifs is 2. The third kappa shape index (κ3) is 10.4. The Hall–Kier alpha value is -8.33. The molecule has 25 heteroatoms. The monoisotopic (exact) mass is 1140 g/mol. The number of aromatic hydroxyl groups is 2. The number of phenols is 2. The lowest BCUT2D eigenvalue weighted by Gasteiger charge is -2.21. The molecule has 0 radical (unpaired) electrons. The predicted molar refractivity (Wildman–Crippen MR) is 289 cm³/mol. The zero-order valence-corrected chi connectivity index (χ0v) is 45.7. The first kappa shape index (κ1) is 55.9. The molecule has 6 aromatic rings. The Morgan fingerprint density at radius 2 is 1.01 bits per heavy atom. The average molecular weight is 1140 g/mol. The molecule has 78 heavy (non-hydrogen) atoms. The SMILES string of the molecule is Cc1cc(O)c(C(=O)O)cc1S(=O)(=O)Nc1c(C)cc(C)c(N=c2cc3oc4cc(Nc5c(C)cc(C)c(NS(=O)(=O)c6cc(C(=O)O)c(O)cc6C)c5C)ccc4c(-c4ccccc4S(=O)(=O)O)c-3cc2S(=O)(=O)O)c1C. The molecule has 0 aromatic heterocycles. The second kappa shape index (κ2) is 19.9. The highest BCUT2D eigenvalue weighted by atomic mass is 32.2. The van der Waals surface area contributed by atoms with Crippen LogP contribution in [-0.2, 0) is 40.3 Å². The molecule has 1 heterocycles. The van der Waals surface area contributed by atoms with Crippen LogP contribution in [0.4, 0.5) is 28.4 Å². The first-order valence-electron chi connectivity index (χ1n) is 23.0. The van der Waals surface area contributed by atoms with E-state index in [9.17, 15) is 72.8 Å². The number of rotatable bonds is 14. The quantitative estimate of drug-likeness (QED) is 0.0361. The fraction of sp³-hybridized carbons (Fsp3) is 0.151. The number of hydrogen-bond acceptors (Lipinski definition) is 15. The fourth-order valence-electron chi connectivity index (χ4n) is 9.42. The highest BCUT2D eigenvalue weighted by molar-refractivity contribution is 7.93. The summed E-state index contributed by atoms with van der Waals surface area (Å²) in [5.41, 5.74) is 2.00. The van der Waals surface area contributed by atoms with Crippen molar-refractivity contribution in [3.8, 4) is 33.9 Å². The summed E-state index contributed by atoms with van der Waals surface area (Å²) in [6.07, 6.45) is 0. The fourth-order valence-corrected chi connectivity index (χ4v) is 13.6. The van der Waals surface area contributed by atoms with E-state index in [0.29, 0.717) is 39.2 Å². The van der Waals surface area contributed by atoms with E-state index in [0.717, 1.165) is 42.5 Å². The lowest BCUT2D eigenvalue weighted by molar-refractivity contribution is 0.0682. The lowest BCUT2D eigenvalue weighted by atomic mass is 9.93. The van der Waals surface area contributed by atoms with Gasteiger partial charge in [-0.3, -0.25) is 18.5 Å². The van der Waals surface area contributed by atoms with Crippen molar-refractivity contribution >= 4 is 91.6 Å². The predicted octanol–water partition coefficient (Wildman–Crippen LogP) is 9.55. The van der Waals surface area contributed by atoms with Gasteiger partial charge in [0.05, 0.1) is 32.2 Å². The molecule has 0 saturated carbocycles. The summed E-state index contributed by atoms with van der Waals surface area (Å²) >= 11 is 0. The third-order valence-electron chi connectivity index (χ3n) is 13.0. The van der Waals surface area contributed by atoms with E-state index in [1.54, 1.807) is 52.8 Å². The van der Waals surface area contributed by atoms with Crippen molar-refractivity contribution < 1.29 is 77.2 Å². The van der Waals surface area contributed by atoms with Gasteiger partial charge in [-0.2, -0.15) is 16.8 Å². The van der Waals surface area contributed by atoms with Crippen molar-refractivity contribution in [3.63, 3.8) is 0 Å². The molecule has 406 valence electrons. The first-order chi connectivity index (χ1) is 36.2. The van der Waals surface area contributed by atoms with Gasteiger partial charge in [-0.25, -0.2) is 31.4 Å². The Morgan fingerprint density at radius 3 is 1.54 bits per heavy atom. The van der Waals surface area contributed by atoms with Crippen LogP contribution in [-0.4, -0.2) is 75.1 Å². The van der Waals surface area contributed by atoms with Crippen molar-refractivity contribution in [2.45, 2.75) is 75.0 Å². The Kier molecular flexibility index (Phi) is 14.3. The molecule has 0 atom stereocenters. The van der Waals surface area contributed by atoms with Crippen LogP contribution in [0, 0.1) is 55.4 Å². The van der Waals surface area contributed by atoms with Crippen molar-refractivity contribution in [1.82, 2.24) is 0 Å². The number of anilines is 4. The number of aromatic carboxylic acids is 2. The van der Waals surface area contributed by atoms with Crippen LogP contribution in [0.5, 0.6) is 11.5 Å². The maximum Gasteiger partial charge on any atom is 0.339 e. The van der Waals surface area contributed by atoms with Crippen molar-refractivity contribution in [1.29, 1.82) is 0 Å². The van der Waals surface area contributed by atoms with Gasteiger partial charge in [-0.05, 0) is 148 Å². The van der Waals surface area contributed by atoms with Gasteiger partial charge >= 0.3 is 11.9 Å². The minimum Gasteiger partial charge on any atom is -0.507 e. The highest BCUT2D eigenvalue weighted by Gasteiger charge is 2.30. The van der Waals surface area contributed by atoms with Crippen LogP contribution in [0.1, 0.15) is 65.2 Å². The molecule has 8 rings (SSSR count). The Morgan fingerprint density at radius 1 is 0.513 bits per heavy atom. The minimum absolute atomic E-state index is 0.0157. The zero-order valence-electron chi connectivity index (χ0n) is 42.4. The molecule has 21 nitrogen and oxygen atoms in total. The zero-order chi connectivity index (χ0) is 57.5. The molecule has 0 saturated heterocycles. The standard InChI is InChI=1S/C53H48N4O17S4/c1-24-17-39(58)35(52(60)61)20-44(24)75(64,65)56-50-28(5)15-26(3)48(30(50)7)54-32-13-14-33-41(19-32)74-42-23-38(46(78(71,72)73)22-37(42)47(33)34-11-9-10-12-43(34)77(68,69)70)55-49-27(4)16-29(6)51(31(49)8)57-76(66,67)45-21-36(53(62)63)40(59)18-25(45)2/h9-23,54,56-59H,1-8H3,(H,60,61)(H,62,63)(H,68,69,70)(H,71,72,73). The van der Waals surface area contributed by atoms with Gasteiger partial charge in [-0.15, -0.1) is 0 Å². The normalized spacial score (nSPS) is 12.5. The van der Waals surface area contributed by atoms with E-state index in [2.05, 4.69) is 19.8 Å². The Labute approximate surface area is 447 Å². The van der Waals surface area contributed by atoms with Crippen molar-refractivity contribution in [3.05, 3.63) is 152 Å². The van der Waals surface area contributed by atoms with E-state index in [1.165, 1.54) is 51.1 Å². The van der Waals surface area contributed by atoms with E-state index in [1.807, 2.05) is 0 Å². The molecule has 6 aromatic carbocycles. The van der Waals surface area contributed by atoms with Crippen molar-refractivity contribution in [2.24, 2.45) is 4.99 Å². The van der Waals surface area contributed by atoms with Gasteiger partial charge in [0.2, 0.25) is 0 Å². The Bertz CT molecular complexity index is 4460. The van der Waals surface area contributed by atoms with E-state index in [-0.39, 0.29) is 67.2 Å². The number of carbonyl (C=O) groups is 2. The van der Waals surface area contributed by atoms with Crippen LogP contribution in [0.25, 0.3) is 33.4 Å². The molecular weight excluding hydrogens is 1090 g/mol. The summed E-state index contributed by atoms with van der Waals surface area (Å²) < 4.78 is 141. The smallest absolute Gasteiger partial charge is 0.339 e. The Balaban J connectivity index is 1.33. The second-order valence-electron chi connectivity index (χ2n) is 18.5. The molecule has 9 N–H and O–H groups in total. The third-order valence-corrected chi connectivity index (χ3v) is 17.8. The van der Waals surface area contributed by atoms with Gasteiger partial charge in [0.1, 0.15) is 43.8 Å². The summed E-state index contributed by atoms with van der Waals surface area (Å²) in [4.78, 5) is 26.1. The number of carboxylic acid groups (broad SMARTS) is 2. The van der Waals surface area contributed by atoms with Crippen LogP contribution < -0.4 is 20.1 Å². The molecule has 2 aliphatic rings. The molecule has 0 unspecified atom stereocenters. The first-order valence-corrected chi connectivity index (χ1v) is 28.9. The van der Waals surface area contributed by atoms with Crippen LogP contribution >= 0.6 is 0 Å². The van der Waals surface area contributed by atoms with Crippen LogP contribution in [0.15, 0.2) is 120 Å². The summed E-state index contributed by atoms with van der Waals surface area (Å²) in [5, 5.41) is 42.6. The van der Waals surface area contributed by atoms with E-state index >= 15 is 0 Å². The van der Waals surface area contributed by atoms with Crippen molar-refractivity contribution in [2.75, 3.05) is 14.8 Å². The number of sulfonamides is 2. The maximum atomic E-state index is 13.9. The molecule has 0 fully saturated rings. The molecule has 0 spiro atoms. The van der Waals surface area contributed by atoms with Crippen LogP contribution in [0.2, 0.25) is 0 Å². The topological polar surface area (TPSA) is 354 Å². The second-order valence-corrected chi connectivity index (χ2v) is 24.6. The van der Waals surface area contributed by atoms with Crippen LogP contribution in [0.3, 0.4) is 0 Å². The molecule has 1 aliphatic heterocycles. The minimum atomic E-state index is -5.23. The molecular formula is C53H48N4O17S4. The number of benzene rings is 7. The van der Waals surface area contributed by atoms with Gasteiger partial charge in [-0.1, -0.05) is 30.3 Å². The lowest BCUT2D eigenvalue weighted by Crippen LogP contribution is -2.18. The highest BCUT2D eigenvalue weighted by Crippen LogP contribution is 2.45. The number of carboxylic acids is 2. The largest absolute Gasteiger partial charge is 0.507 e. The number of nitrogens with one attached hydrogen (secondary N) is 3.